The van der Waals surface area contributed by atoms with E-state index in [9.17, 15) is 9.59 Å². The van der Waals surface area contributed by atoms with E-state index in [1.165, 1.54) is 6.07 Å². The molecule has 0 aromatic heterocycles. The zero-order valence-electron chi connectivity index (χ0n) is 11.6. The summed E-state index contributed by atoms with van der Waals surface area (Å²) >= 11 is 3.27. The van der Waals surface area contributed by atoms with Gasteiger partial charge in [-0.15, -0.1) is 0 Å². The minimum Gasteiger partial charge on any atom is -0.478 e. The molecule has 0 aliphatic carbocycles. The molecule has 1 aromatic carbocycles. The van der Waals surface area contributed by atoms with E-state index in [0.717, 1.165) is 12.8 Å². The van der Waals surface area contributed by atoms with Crippen molar-refractivity contribution in [3.63, 3.8) is 0 Å². The Morgan fingerprint density at radius 3 is 2.60 bits per heavy atom. The number of carboxylic acids is 1. The normalized spacial score (nSPS) is 10.2. The van der Waals surface area contributed by atoms with E-state index >= 15 is 0 Å². The first kappa shape index (κ1) is 16.5. The Morgan fingerprint density at radius 2 is 2.05 bits per heavy atom. The summed E-state index contributed by atoms with van der Waals surface area (Å²) in [6.07, 6.45) is 1.92. The maximum absolute atomic E-state index is 12.2. The molecule has 2 amide bonds. The number of urea groups is 1. The number of nitrogens with one attached hydrogen (secondary N) is 1. The van der Waals surface area contributed by atoms with Gasteiger partial charge in [-0.05, 0) is 41.4 Å². The number of para-hydroxylation sites is 1. The molecular formula is C14H19BrN2O3. The Balaban J connectivity index is 2.92. The van der Waals surface area contributed by atoms with Gasteiger partial charge in [-0.3, -0.25) is 0 Å². The minimum absolute atomic E-state index is 0.0688. The number of unbranched alkanes of at least 4 members (excludes halogenated alkanes) is 1. The van der Waals surface area contributed by atoms with Gasteiger partial charge in [0.2, 0.25) is 0 Å². The first-order chi connectivity index (χ1) is 9.51. The number of anilines is 1. The molecule has 0 aliphatic rings. The van der Waals surface area contributed by atoms with Gasteiger partial charge in [-0.2, -0.15) is 0 Å². The molecule has 110 valence electrons. The molecule has 5 nitrogen and oxygen atoms in total. The molecule has 1 rings (SSSR count). The molecule has 1 aromatic rings. The molecule has 0 bridgehead atoms. The highest BCUT2D eigenvalue weighted by Gasteiger charge is 2.18. The van der Waals surface area contributed by atoms with Crippen molar-refractivity contribution in [2.24, 2.45) is 0 Å². The average Bonchev–Trinajstić information content (AvgIpc) is 2.41. The van der Waals surface area contributed by atoms with Crippen LogP contribution in [-0.2, 0) is 0 Å². The number of benzene rings is 1. The third-order valence-corrected chi connectivity index (χ3v) is 3.59. The van der Waals surface area contributed by atoms with Crippen LogP contribution in [0.15, 0.2) is 22.7 Å². The van der Waals surface area contributed by atoms with Gasteiger partial charge in [-0.25, -0.2) is 9.59 Å². The average molecular weight is 343 g/mol. The lowest BCUT2D eigenvalue weighted by molar-refractivity contribution is 0.0698. The number of rotatable bonds is 6. The number of nitrogens with zero attached hydrogens (tertiary/aromatic N) is 1. The fourth-order valence-electron chi connectivity index (χ4n) is 1.77. The Kier molecular flexibility index (Phi) is 6.51. The van der Waals surface area contributed by atoms with E-state index in [0.29, 0.717) is 23.2 Å². The summed E-state index contributed by atoms with van der Waals surface area (Å²) in [7, 11) is 0. The lowest BCUT2D eigenvalue weighted by Gasteiger charge is -2.22. The summed E-state index contributed by atoms with van der Waals surface area (Å²) < 4.78 is 0.553. The summed E-state index contributed by atoms with van der Waals surface area (Å²) in [5, 5.41) is 11.8. The highest BCUT2D eigenvalue weighted by molar-refractivity contribution is 9.10. The molecule has 0 unspecified atom stereocenters. The molecule has 0 heterocycles. The Morgan fingerprint density at radius 1 is 1.35 bits per heavy atom. The Bertz CT molecular complexity index is 491. The number of hydrogen-bond acceptors (Lipinski definition) is 2. The molecule has 0 saturated carbocycles. The summed E-state index contributed by atoms with van der Waals surface area (Å²) in [5.74, 6) is -1.07. The highest BCUT2D eigenvalue weighted by atomic mass is 79.9. The van der Waals surface area contributed by atoms with Crippen LogP contribution in [0.5, 0.6) is 0 Å². The second kappa shape index (κ2) is 7.89. The smallest absolute Gasteiger partial charge is 0.337 e. The molecule has 0 aliphatic heterocycles. The van der Waals surface area contributed by atoms with Crippen molar-refractivity contribution >= 4 is 33.6 Å². The van der Waals surface area contributed by atoms with Crippen LogP contribution >= 0.6 is 15.9 Å². The van der Waals surface area contributed by atoms with Gasteiger partial charge in [0.05, 0.1) is 11.3 Å². The zero-order chi connectivity index (χ0) is 15.1. The number of carboxylic acid groups (broad SMARTS) is 1. The van der Waals surface area contributed by atoms with Crippen LogP contribution in [0, 0.1) is 0 Å². The minimum atomic E-state index is -1.07. The van der Waals surface area contributed by atoms with Crippen LogP contribution in [0.1, 0.15) is 37.0 Å². The predicted octanol–water partition coefficient (Wildman–Crippen LogP) is 3.80. The van der Waals surface area contributed by atoms with Crippen LogP contribution in [0.25, 0.3) is 0 Å². The van der Waals surface area contributed by atoms with Crippen LogP contribution in [-0.4, -0.2) is 35.1 Å². The lowest BCUT2D eigenvalue weighted by Crippen LogP contribution is -2.36. The van der Waals surface area contributed by atoms with E-state index in [1.54, 1.807) is 17.0 Å². The van der Waals surface area contributed by atoms with Crippen molar-refractivity contribution < 1.29 is 14.7 Å². The number of carbonyl (C=O) groups is 2. The Hall–Kier alpha value is -1.56. The fourth-order valence-corrected chi connectivity index (χ4v) is 2.23. The second-order valence-corrected chi connectivity index (χ2v) is 5.19. The van der Waals surface area contributed by atoms with Gasteiger partial charge in [0, 0.05) is 17.6 Å². The standard InChI is InChI=1S/C14H19BrN2O3/c1-3-5-9-17(4-2)14(20)16-12-10(13(18)19)7-6-8-11(12)15/h6-8H,3-5,9H2,1-2H3,(H,16,20)(H,18,19). The van der Waals surface area contributed by atoms with Crippen LogP contribution in [0.2, 0.25) is 0 Å². The first-order valence-corrected chi connectivity index (χ1v) is 7.38. The van der Waals surface area contributed by atoms with Gasteiger partial charge in [0.25, 0.3) is 0 Å². The van der Waals surface area contributed by atoms with Gasteiger partial charge in [0.1, 0.15) is 0 Å². The van der Waals surface area contributed by atoms with Gasteiger partial charge in [-0.1, -0.05) is 19.4 Å². The maximum Gasteiger partial charge on any atom is 0.337 e. The van der Waals surface area contributed by atoms with E-state index in [1.807, 2.05) is 6.92 Å². The topological polar surface area (TPSA) is 69.6 Å². The molecule has 0 spiro atoms. The van der Waals surface area contributed by atoms with Crippen molar-refractivity contribution in [2.45, 2.75) is 26.7 Å². The number of halogens is 1. The highest BCUT2D eigenvalue weighted by Crippen LogP contribution is 2.26. The number of hydrogen-bond donors (Lipinski definition) is 2. The summed E-state index contributed by atoms with van der Waals surface area (Å²) in [5.41, 5.74) is 0.360. The van der Waals surface area contributed by atoms with Crippen molar-refractivity contribution in [1.29, 1.82) is 0 Å². The molecule has 0 fully saturated rings. The molecular weight excluding hydrogens is 324 g/mol. The molecule has 0 atom stereocenters. The Labute approximate surface area is 127 Å². The maximum atomic E-state index is 12.2. The van der Waals surface area contributed by atoms with Crippen LogP contribution in [0.4, 0.5) is 10.5 Å². The van der Waals surface area contributed by atoms with Crippen LogP contribution in [0.3, 0.4) is 0 Å². The number of amides is 2. The van der Waals surface area contributed by atoms with Gasteiger partial charge < -0.3 is 15.3 Å². The number of carbonyl (C=O) groups excluding carboxylic acids is 1. The van der Waals surface area contributed by atoms with Crippen molar-refractivity contribution in [1.82, 2.24) is 4.90 Å². The van der Waals surface area contributed by atoms with Crippen molar-refractivity contribution in [3.8, 4) is 0 Å². The fraction of sp³-hybridized carbons (Fsp3) is 0.429. The SMILES string of the molecule is CCCCN(CC)C(=O)Nc1c(Br)cccc1C(=O)O. The van der Waals surface area contributed by atoms with E-state index in [-0.39, 0.29) is 11.6 Å². The van der Waals surface area contributed by atoms with E-state index in [4.69, 9.17) is 5.11 Å². The predicted molar refractivity (Wildman–Crippen MR) is 82.3 cm³/mol. The largest absolute Gasteiger partial charge is 0.478 e. The summed E-state index contributed by atoms with van der Waals surface area (Å²) in [4.78, 5) is 25.0. The van der Waals surface area contributed by atoms with E-state index in [2.05, 4.69) is 28.2 Å². The lowest BCUT2D eigenvalue weighted by atomic mass is 10.2. The van der Waals surface area contributed by atoms with Crippen molar-refractivity contribution in [2.75, 3.05) is 18.4 Å². The van der Waals surface area contributed by atoms with Gasteiger partial charge in [0.15, 0.2) is 0 Å². The third-order valence-electron chi connectivity index (χ3n) is 2.93. The van der Waals surface area contributed by atoms with E-state index < -0.39 is 5.97 Å². The molecule has 20 heavy (non-hydrogen) atoms. The monoisotopic (exact) mass is 342 g/mol. The first-order valence-electron chi connectivity index (χ1n) is 6.59. The summed E-state index contributed by atoms with van der Waals surface area (Å²) in [6, 6.07) is 4.50. The second-order valence-electron chi connectivity index (χ2n) is 4.33. The molecule has 0 saturated heterocycles. The third kappa shape index (κ3) is 4.23. The van der Waals surface area contributed by atoms with Gasteiger partial charge >= 0.3 is 12.0 Å². The molecule has 2 N–H and O–H groups in total. The zero-order valence-corrected chi connectivity index (χ0v) is 13.2. The van der Waals surface area contributed by atoms with Crippen molar-refractivity contribution in [3.05, 3.63) is 28.2 Å². The number of aromatic carboxylic acids is 1. The quantitative estimate of drug-likeness (QED) is 0.825. The molecule has 0 radical (unpaired) electrons. The molecule has 6 heteroatoms. The summed E-state index contributed by atoms with van der Waals surface area (Å²) in [6.45, 7) is 5.19. The van der Waals surface area contributed by atoms with Crippen LogP contribution < -0.4 is 5.32 Å².